The molecular weight excluding hydrogens is 234 g/mol. The highest BCUT2D eigenvalue weighted by Gasteiger charge is 2.11. The van der Waals surface area contributed by atoms with E-state index in [1.54, 1.807) is 0 Å². The van der Waals surface area contributed by atoms with Crippen molar-refractivity contribution in [3.05, 3.63) is 20.3 Å². The van der Waals surface area contributed by atoms with Gasteiger partial charge in [-0.3, -0.25) is 0 Å². The summed E-state index contributed by atoms with van der Waals surface area (Å²) in [7, 11) is 0. The number of rotatable bonds is 3. The molecule has 68 valence electrons. The molecule has 0 aliphatic heterocycles. The number of halogens is 1. The van der Waals surface area contributed by atoms with Gasteiger partial charge in [-0.1, -0.05) is 6.92 Å². The van der Waals surface area contributed by atoms with Crippen LogP contribution in [0, 0.1) is 6.92 Å². The zero-order valence-electron chi connectivity index (χ0n) is 7.43. The van der Waals surface area contributed by atoms with Crippen LogP contribution in [0.4, 0.5) is 0 Å². The summed E-state index contributed by atoms with van der Waals surface area (Å²) in [5.74, 6) is 0.586. The molecule has 1 aromatic rings. The van der Waals surface area contributed by atoms with Crippen LogP contribution in [0.25, 0.3) is 0 Å². The molecule has 0 amide bonds. The first kappa shape index (κ1) is 10.2. The molecule has 0 radical (unpaired) electrons. The molecule has 0 saturated carbocycles. The first-order chi connectivity index (χ1) is 5.66. The third kappa shape index (κ3) is 2.09. The summed E-state index contributed by atoms with van der Waals surface area (Å²) >= 11 is 5.41. The van der Waals surface area contributed by atoms with E-state index >= 15 is 0 Å². The number of hydrogen-bond acceptors (Lipinski definition) is 2. The second-order valence-electron chi connectivity index (χ2n) is 3.08. The first-order valence-corrected chi connectivity index (χ1v) is 5.77. The zero-order chi connectivity index (χ0) is 9.14. The Morgan fingerprint density at radius 2 is 2.33 bits per heavy atom. The van der Waals surface area contributed by atoms with E-state index in [4.69, 9.17) is 5.73 Å². The van der Waals surface area contributed by atoms with Gasteiger partial charge in [-0.2, -0.15) is 0 Å². The van der Waals surface area contributed by atoms with Crippen molar-refractivity contribution in [3.8, 4) is 0 Å². The zero-order valence-corrected chi connectivity index (χ0v) is 9.83. The van der Waals surface area contributed by atoms with Gasteiger partial charge in [0.1, 0.15) is 0 Å². The molecule has 0 saturated heterocycles. The van der Waals surface area contributed by atoms with Gasteiger partial charge >= 0.3 is 0 Å². The van der Waals surface area contributed by atoms with Crippen LogP contribution in [0.3, 0.4) is 0 Å². The Morgan fingerprint density at radius 3 is 2.75 bits per heavy atom. The molecule has 12 heavy (non-hydrogen) atoms. The van der Waals surface area contributed by atoms with E-state index in [1.807, 2.05) is 11.3 Å². The molecule has 1 nitrogen and oxygen atoms in total. The molecule has 0 fully saturated rings. The molecule has 1 aromatic heterocycles. The van der Waals surface area contributed by atoms with Crippen molar-refractivity contribution in [1.29, 1.82) is 0 Å². The van der Waals surface area contributed by atoms with Gasteiger partial charge in [-0.15, -0.1) is 11.3 Å². The minimum absolute atomic E-state index is 0.586. The van der Waals surface area contributed by atoms with E-state index in [0.29, 0.717) is 5.92 Å². The molecule has 0 aromatic carbocycles. The first-order valence-electron chi connectivity index (χ1n) is 4.10. The monoisotopic (exact) mass is 247 g/mol. The third-order valence-corrected chi connectivity index (χ3v) is 4.62. The van der Waals surface area contributed by atoms with E-state index < -0.39 is 0 Å². The van der Waals surface area contributed by atoms with Crippen molar-refractivity contribution >= 4 is 27.3 Å². The maximum atomic E-state index is 5.51. The highest BCUT2D eigenvalue weighted by molar-refractivity contribution is 9.10. The molecule has 1 atom stereocenters. The lowest BCUT2D eigenvalue weighted by atomic mass is 10.1. The van der Waals surface area contributed by atoms with E-state index in [0.717, 1.165) is 13.0 Å². The Balaban J connectivity index is 2.80. The maximum Gasteiger partial charge on any atom is 0.0346 e. The number of hydrogen-bond donors (Lipinski definition) is 1. The second kappa shape index (κ2) is 4.40. The lowest BCUT2D eigenvalue weighted by molar-refractivity contribution is 0.699. The lowest BCUT2D eigenvalue weighted by Crippen LogP contribution is -2.03. The van der Waals surface area contributed by atoms with Crippen molar-refractivity contribution in [1.82, 2.24) is 0 Å². The maximum absolute atomic E-state index is 5.51. The largest absolute Gasteiger partial charge is 0.330 e. The van der Waals surface area contributed by atoms with Crippen molar-refractivity contribution < 1.29 is 0 Å². The fraction of sp³-hybridized carbons (Fsp3) is 0.556. The Kier molecular flexibility index (Phi) is 3.75. The van der Waals surface area contributed by atoms with Gasteiger partial charge in [0.15, 0.2) is 0 Å². The second-order valence-corrected chi connectivity index (χ2v) is 4.78. The molecule has 2 N–H and O–H groups in total. The van der Waals surface area contributed by atoms with Crippen LogP contribution in [0.15, 0.2) is 9.85 Å². The minimum atomic E-state index is 0.586. The Bertz CT molecular complexity index is 257. The van der Waals surface area contributed by atoms with Gasteiger partial charge in [0, 0.05) is 9.35 Å². The average molecular weight is 248 g/mol. The Morgan fingerprint density at radius 1 is 1.67 bits per heavy atom. The fourth-order valence-electron chi connectivity index (χ4n) is 1.16. The van der Waals surface area contributed by atoms with Crippen LogP contribution in [-0.2, 0) is 0 Å². The topological polar surface area (TPSA) is 26.0 Å². The van der Waals surface area contributed by atoms with Crippen LogP contribution in [0.1, 0.15) is 29.7 Å². The molecule has 3 heteroatoms. The van der Waals surface area contributed by atoms with Gasteiger partial charge in [0.2, 0.25) is 0 Å². The van der Waals surface area contributed by atoms with Crippen LogP contribution in [0.5, 0.6) is 0 Å². The van der Waals surface area contributed by atoms with E-state index in [1.165, 1.54) is 14.9 Å². The molecular formula is C9H14BrNS. The molecule has 0 aliphatic carbocycles. The summed E-state index contributed by atoms with van der Waals surface area (Å²) in [5, 5.41) is 2.19. The smallest absolute Gasteiger partial charge is 0.0346 e. The summed E-state index contributed by atoms with van der Waals surface area (Å²) in [6.45, 7) is 5.12. The predicted octanol–water partition coefficient (Wildman–Crippen LogP) is 3.27. The number of thiophene rings is 1. The van der Waals surface area contributed by atoms with E-state index in [2.05, 4.69) is 35.2 Å². The quantitative estimate of drug-likeness (QED) is 0.872. The molecule has 1 heterocycles. The Labute approximate surface area is 86.1 Å². The Hall–Kier alpha value is 0.140. The molecule has 0 aliphatic rings. The van der Waals surface area contributed by atoms with Crippen LogP contribution in [-0.4, -0.2) is 6.54 Å². The van der Waals surface area contributed by atoms with Crippen molar-refractivity contribution in [2.75, 3.05) is 6.54 Å². The van der Waals surface area contributed by atoms with Crippen molar-refractivity contribution in [2.24, 2.45) is 5.73 Å². The summed E-state index contributed by atoms with van der Waals surface area (Å²) in [6.07, 6.45) is 1.07. The van der Waals surface area contributed by atoms with Crippen molar-refractivity contribution in [2.45, 2.75) is 26.2 Å². The fourth-order valence-corrected chi connectivity index (χ4v) is 3.14. The minimum Gasteiger partial charge on any atom is -0.330 e. The number of aryl methyl sites for hydroxylation is 1. The number of nitrogens with two attached hydrogens (primary N) is 1. The van der Waals surface area contributed by atoms with Gasteiger partial charge in [-0.25, -0.2) is 0 Å². The molecule has 0 spiro atoms. The van der Waals surface area contributed by atoms with E-state index in [-0.39, 0.29) is 0 Å². The SMILES string of the molecule is Cc1csc(C(C)CCN)c1Br. The molecule has 1 unspecified atom stereocenters. The molecule has 1 rings (SSSR count). The summed E-state index contributed by atoms with van der Waals surface area (Å²) in [5.41, 5.74) is 6.85. The normalized spacial score (nSPS) is 13.3. The van der Waals surface area contributed by atoms with Crippen LogP contribution < -0.4 is 5.73 Å². The average Bonchev–Trinajstić information content (AvgIpc) is 2.34. The van der Waals surface area contributed by atoms with Gasteiger partial charge in [0.25, 0.3) is 0 Å². The lowest BCUT2D eigenvalue weighted by Gasteiger charge is -2.07. The summed E-state index contributed by atoms with van der Waals surface area (Å²) in [6, 6.07) is 0. The standard InChI is InChI=1S/C9H14BrNS/c1-6(3-4-11)9-8(10)7(2)5-12-9/h5-6H,3-4,11H2,1-2H3. The van der Waals surface area contributed by atoms with Gasteiger partial charge < -0.3 is 5.73 Å². The highest BCUT2D eigenvalue weighted by atomic mass is 79.9. The summed E-state index contributed by atoms with van der Waals surface area (Å²) < 4.78 is 1.27. The van der Waals surface area contributed by atoms with Gasteiger partial charge in [-0.05, 0) is 52.7 Å². The predicted molar refractivity (Wildman–Crippen MR) is 58.8 cm³/mol. The molecule has 0 bridgehead atoms. The van der Waals surface area contributed by atoms with Gasteiger partial charge in [0.05, 0.1) is 0 Å². The third-order valence-electron chi connectivity index (χ3n) is 1.97. The van der Waals surface area contributed by atoms with Crippen LogP contribution >= 0.6 is 27.3 Å². The highest BCUT2D eigenvalue weighted by Crippen LogP contribution is 2.34. The van der Waals surface area contributed by atoms with Crippen molar-refractivity contribution in [3.63, 3.8) is 0 Å². The summed E-state index contributed by atoms with van der Waals surface area (Å²) in [4.78, 5) is 1.43. The van der Waals surface area contributed by atoms with Crippen LogP contribution in [0.2, 0.25) is 0 Å². The van der Waals surface area contributed by atoms with E-state index in [9.17, 15) is 0 Å².